The Kier molecular flexibility index (Phi) is 6.93. The van der Waals surface area contributed by atoms with E-state index < -0.39 is 22.5 Å². The molecule has 1 amide bonds. The van der Waals surface area contributed by atoms with Crippen LogP contribution in [0.3, 0.4) is 0 Å². The summed E-state index contributed by atoms with van der Waals surface area (Å²) in [5, 5.41) is 3.77. The normalized spacial score (nSPS) is 11.2. The van der Waals surface area contributed by atoms with Gasteiger partial charge in [0.25, 0.3) is 10.0 Å². The van der Waals surface area contributed by atoms with E-state index in [4.69, 9.17) is 34.8 Å². The second-order valence-corrected chi connectivity index (χ2v) is 9.68. The zero-order valence-electron chi connectivity index (χ0n) is 15.8. The third-order valence-corrected chi connectivity index (χ3v) is 6.63. The van der Waals surface area contributed by atoms with Crippen molar-refractivity contribution in [1.82, 2.24) is 0 Å². The molecule has 0 aliphatic carbocycles. The molecule has 0 atom stereocenters. The largest absolute Gasteiger partial charge is 0.324 e. The summed E-state index contributed by atoms with van der Waals surface area (Å²) in [6.45, 7) is 1.40. The average Bonchev–Trinajstić information content (AvgIpc) is 2.66. The van der Waals surface area contributed by atoms with Crippen LogP contribution in [0.25, 0.3) is 0 Å². The van der Waals surface area contributed by atoms with E-state index in [1.54, 1.807) is 24.3 Å². The maximum Gasteiger partial charge on any atom is 0.264 e. The molecule has 0 bridgehead atoms. The Balaban J connectivity index is 1.94. The number of benzene rings is 3. The van der Waals surface area contributed by atoms with E-state index >= 15 is 0 Å². The minimum atomic E-state index is -4.01. The van der Waals surface area contributed by atoms with Crippen molar-refractivity contribution in [2.24, 2.45) is 0 Å². The number of rotatable bonds is 6. The van der Waals surface area contributed by atoms with Crippen molar-refractivity contribution in [3.8, 4) is 0 Å². The molecule has 0 saturated heterocycles. The molecule has 0 aromatic heterocycles. The van der Waals surface area contributed by atoms with Gasteiger partial charge in [-0.3, -0.25) is 9.10 Å². The van der Waals surface area contributed by atoms with E-state index in [2.05, 4.69) is 5.32 Å². The summed E-state index contributed by atoms with van der Waals surface area (Å²) >= 11 is 17.9. The van der Waals surface area contributed by atoms with E-state index in [-0.39, 0.29) is 4.90 Å². The number of hydrogen-bond donors (Lipinski definition) is 1. The molecule has 5 nitrogen and oxygen atoms in total. The van der Waals surface area contributed by atoms with Gasteiger partial charge in [0.15, 0.2) is 0 Å². The fraction of sp³-hybridized carbons (Fsp3) is 0.0952. The molecule has 3 aromatic rings. The van der Waals surface area contributed by atoms with Crippen LogP contribution in [0.4, 0.5) is 11.4 Å². The highest BCUT2D eigenvalue weighted by atomic mass is 35.5. The lowest BCUT2D eigenvalue weighted by Crippen LogP contribution is -2.38. The Morgan fingerprint density at radius 3 is 2.00 bits per heavy atom. The average molecular weight is 484 g/mol. The maximum atomic E-state index is 13.3. The van der Waals surface area contributed by atoms with Crippen molar-refractivity contribution in [1.29, 1.82) is 0 Å². The van der Waals surface area contributed by atoms with Crippen LogP contribution < -0.4 is 9.62 Å². The van der Waals surface area contributed by atoms with Crippen LogP contribution in [0.5, 0.6) is 0 Å². The lowest BCUT2D eigenvalue weighted by Gasteiger charge is -2.24. The highest BCUT2D eigenvalue weighted by Crippen LogP contribution is 2.26. The monoisotopic (exact) mass is 482 g/mol. The Bertz CT molecular complexity index is 1140. The SMILES string of the molecule is Cc1ccc(S(=O)(=O)N(CC(=O)Nc2cc(Cl)cc(Cl)c2)c2ccc(Cl)cc2)cc1. The van der Waals surface area contributed by atoms with Gasteiger partial charge in [-0.25, -0.2) is 8.42 Å². The van der Waals surface area contributed by atoms with Crippen LogP contribution in [-0.2, 0) is 14.8 Å². The van der Waals surface area contributed by atoms with Gasteiger partial charge in [-0.15, -0.1) is 0 Å². The molecule has 0 radical (unpaired) electrons. The highest BCUT2D eigenvalue weighted by Gasteiger charge is 2.27. The summed E-state index contributed by atoms with van der Waals surface area (Å²) < 4.78 is 27.6. The van der Waals surface area contributed by atoms with Gasteiger partial charge >= 0.3 is 0 Å². The first-order valence-corrected chi connectivity index (χ1v) is 11.3. The van der Waals surface area contributed by atoms with Gasteiger partial charge in [0.05, 0.1) is 10.6 Å². The van der Waals surface area contributed by atoms with Crippen molar-refractivity contribution in [2.45, 2.75) is 11.8 Å². The molecular weight excluding hydrogens is 467 g/mol. The van der Waals surface area contributed by atoms with Crippen LogP contribution in [0.15, 0.2) is 71.6 Å². The Hall–Kier alpha value is -2.25. The summed E-state index contributed by atoms with van der Waals surface area (Å²) in [6.07, 6.45) is 0. The summed E-state index contributed by atoms with van der Waals surface area (Å²) in [5.74, 6) is -0.557. The molecule has 0 unspecified atom stereocenters. The lowest BCUT2D eigenvalue weighted by molar-refractivity contribution is -0.114. The predicted molar refractivity (Wildman–Crippen MR) is 122 cm³/mol. The highest BCUT2D eigenvalue weighted by molar-refractivity contribution is 7.92. The zero-order valence-corrected chi connectivity index (χ0v) is 18.9. The van der Waals surface area contributed by atoms with Crippen molar-refractivity contribution < 1.29 is 13.2 Å². The summed E-state index contributed by atoms with van der Waals surface area (Å²) in [5.41, 5.74) is 1.59. The molecule has 156 valence electrons. The minimum Gasteiger partial charge on any atom is -0.324 e. The van der Waals surface area contributed by atoms with Crippen LogP contribution >= 0.6 is 34.8 Å². The number of aryl methyl sites for hydroxylation is 1. The Labute approximate surface area is 190 Å². The molecule has 0 aliphatic heterocycles. The Morgan fingerprint density at radius 1 is 0.867 bits per heavy atom. The van der Waals surface area contributed by atoms with Gasteiger partial charge in [-0.1, -0.05) is 52.5 Å². The first-order chi connectivity index (χ1) is 14.1. The number of halogens is 3. The molecule has 1 N–H and O–H groups in total. The third-order valence-electron chi connectivity index (χ3n) is 4.16. The molecule has 0 saturated carbocycles. The molecular formula is C21H17Cl3N2O3S. The second kappa shape index (κ2) is 9.27. The summed E-state index contributed by atoms with van der Waals surface area (Å²) in [6, 6.07) is 17.2. The third kappa shape index (κ3) is 5.46. The quantitative estimate of drug-likeness (QED) is 0.482. The molecule has 0 heterocycles. The number of carbonyl (C=O) groups is 1. The lowest BCUT2D eigenvalue weighted by atomic mass is 10.2. The molecule has 0 fully saturated rings. The first-order valence-electron chi connectivity index (χ1n) is 8.76. The van der Waals surface area contributed by atoms with Crippen molar-refractivity contribution >= 4 is 62.1 Å². The maximum absolute atomic E-state index is 13.3. The molecule has 0 aliphatic rings. The fourth-order valence-electron chi connectivity index (χ4n) is 2.72. The number of carbonyl (C=O) groups excluding carboxylic acids is 1. The summed E-state index contributed by atoms with van der Waals surface area (Å²) in [4.78, 5) is 12.8. The zero-order chi connectivity index (χ0) is 21.9. The van der Waals surface area contributed by atoms with Gasteiger partial charge < -0.3 is 5.32 Å². The van der Waals surface area contributed by atoms with Gasteiger partial charge in [0.2, 0.25) is 5.91 Å². The smallest absolute Gasteiger partial charge is 0.264 e. The topological polar surface area (TPSA) is 66.5 Å². The predicted octanol–water partition coefficient (Wildman–Crippen LogP) is 5.79. The van der Waals surface area contributed by atoms with Crippen molar-refractivity contribution in [2.75, 3.05) is 16.2 Å². The van der Waals surface area contributed by atoms with E-state index in [1.807, 2.05) is 6.92 Å². The number of sulfonamides is 1. The number of amides is 1. The molecule has 9 heteroatoms. The first kappa shape index (κ1) is 22.4. The number of nitrogens with one attached hydrogen (secondary N) is 1. The van der Waals surface area contributed by atoms with Crippen LogP contribution in [0, 0.1) is 6.92 Å². The van der Waals surface area contributed by atoms with Gasteiger partial charge in [0, 0.05) is 20.8 Å². The molecule has 3 rings (SSSR count). The van der Waals surface area contributed by atoms with Crippen molar-refractivity contribution in [3.63, 3.8) is 0 Å². The van der Waals surface area contributed by atoms with E-state index in [0.29, 0.717) is 26.4 Å². The van der Waals surface area contributed by atoms with Crippen LogP contribution in [0.1, 0.15) is 5.56 Å². The standard InChI is InChI=1S/C21H17Cl3N2O3S/c1-14-2-8-20(9-3-14)30(28,29)26(19-6-4-15(22)5-7-19)13-21(27)25-18-11-16(23)10-17(24)12-18/h2-12H,13H2,1H3,(H,25,27). The molecule has 3 aromatic carbocycles. The minimum absolute atomic E-state index is 0.0710. The van der Waals surface area contributed by atoms with Gasteiger partial charge in [-0.05, 0) is 61.5 Å². The van der Waals surface area contributed by atoms with E-state index in [1.165, 1.54) is 42.5 Å². The fourth-order valence-corrected chi connectivity index (χ4v) is 4.79. The van der Waals surface area contributed by atoms with Crippen LogP contribution in [-0.4, -0.2) is 20.9 Å². The molecule has 0 spiro atoms. The van der Waals surface area contributed by atoms with Crippen LogP contribution in [0.2, 0.25) is 15.1 Å². The number of nitrogens with zero attached hydrogens (tertiary/aromatic N) is 1. The van der Waals surface area contributed by atoms with Gasteiger partial charge in [-0.2, -0.15) is 0 Å². The number of anilines is 2. The van der Waals surface area contributed by atoms with Crippen molar-refractivity contribution in [3.05, 3.63) is 87.4 Å². The van der Waals surface area contributed by atoms with E-state index in [0.717, 1.165) is 9.87 Å². The van der Waals surface area contributed by atoms with Gasteiger partial charge in [0.1, 0.15) is 6.54 Å². The second-order valence-electron chi connectivity index (χ2n) is 6.51. The summed E-state index contributed by atoms with van der Waals surface area (Å²) in [7, 11) is -4.01. The van der Waals surface area contributed by atoms with E-state index in [9.17, 15) is 13.2 Å². The number of hydrogen-bond acceptors (Lipinski definition) is 3. The Morgan fingerprint density at radius 2 is 1.43 bits per heavy atom. The molecule has 30 heavy (non-hydrogen) atoms.